The maximum atomic E-state index is 12.5. The fourth-order valence-electron chi connectivity index (χ4n) is 3.37. The predicted octanol–water partition coefficient (Wildman–Crippen LogP) is 5.94. The molecule has 1 unspecified atom stereocenters. The Bertz CT molecular complexity index is 754. The smallest absolute Gasteiger partial charge is 0.311 e. The van der Waals surface area contributed by atoms with Gasteiger partial charge in [0.2, 0.25) is 5.56 Å². The summed E-state index contributed by atoms with van der Waals surface area (Å²) in [5.74, 6) is 1.01. The normalized spacial score (nSPS) is 19.1. The van der Waals surface area contributed by atoms with Gasteiger partial charge in [-0.1, -0.05) is 69.6 Å². The second-order valence-corrected chi connectivity index (χ2v) is 8.01. The van der Waals surface area contributed by atoms with E-state index in [1.54, 1.807) is 6.07 Å². The lowest BCUT2D eigenvalue weighted by atomic mass is 10.0. The number of esters is 1. The summed E-state index contributed by atoms with van der Waals surface area (Å²) >= 11 is 6.34. The van der Waals surface area contributed by atoms with E-state index in [1.165, 1.54) is 0 Å². The van der Waals surface area contributed by atoms with Crippen LogP contribution in [0.3, 0.4) is 0 Å². The first-order valence-electron chi connectivity index (χ1n) is 8.41. The maximum absolute atomic E-state index is 12.5. The van der Waals surface area contributed by atoms with E-state index in [4.69, 9.17) is 21.1 Å². The summed E-state index contributed by atoms with van der Waals surface area (Å²) in [6, 6.07) is 16.8. The van der Waals surface area contributed by atoms with Crippen LogP contribution in [-0.4, -0.2) is 5.97 Å². The van der Waals surface area contributed by atoms with E-state index in [2.05, 4.69) is 27.7 Å². The van der Waals surface area contributed by atoms with Crippen LogP contribution in [0.2, 0.25) is 0 Å². The molecule has 1 atom stereocenters. The lowest BCUT2D eigenvalue weighted by molar-refractivity contribution is -0.148. The first-order chi connectivity index (χ1) is 11.7. The second-order valence-electron chi connectivity index (χ2n) is 7.62. The lowest BCUT2D eigenvalue weighted by Crippen LogP contribution is -2.13. The van der Waals surface area contributed by atoms with Crippen LogP contribution >= 0.6 is 11.6 Å². The predicted molar refractivity (Wildman–Crippen MR) is 98.7 cm³/mol. The van der Waals surface area contributed by atoms with E-state index in [-0.39, 0.29) is 22.7 Å². The minimum Gasteiger partial charge on any atom is -0.457 e. The number of para-hydroxylation sites is 1. The first-order valence-corrected chi connectivity index (χ1v) is 8.84. The maximum Gasteiger partial charge on any atom is 0.311 e. The molecular weight excluding hydrogens is 336 g/mol. The third-order valence-corrected chi connectivity index (χ3v) is 5.92. The van der Waals surface area contributed by atoms with Gasteiger partial charge in [0.25, 0.3) is 0 Å². The summed E-state index contributed by atoms with van der Waals surface area (Å²) in [7, 11) is 0. The van der Waals surface area contributed by atoms with E-state index in [1.807, 2.05) is 48.5 Å². The van der Waals surface area contributed by atoms with E-state index in [0.29, 0.717) is 11.3 Å². The zero-order valence-electron chi connectivity index (χ0n) is 15.0. The van der Waals surface area contributed by atoms with Crippen molar-refractivity contribution >= 4 is 17.6 Å². The van der Waals surface area contributed by atoms with E-state index < -0.39 is 5.56 Å². The fraction of sp³-hybridized carbons (Fsp3) is 0.381. The number of benzene rings is 2. The average Bonchev–Trinajstić information content (AvgIpc) is 2.97. The van der Waals surface area contributed by atoms with Crippen LogP contribution in [0, 0.1) is 16.7 Å². The third kappa shape index (κ3) is 3.38. The number of rotatable bonds is 5. The molecule has 4 heteroatoms. The van der Waals surface area contributed by atoms with Gasteiger partial charge < -0.3 is 9.47 Å². The molecule has 1 aliphatic carbocycles. The zero-order chi connectivity index (χ0) is 18.2. The molecule has 0 amide bonds. The quantitative estimate of drug-likeness (QED) is 0.490. The molecule has 0 spiro atoms. The molecule has 1 aliphatic rings. The fourth-order valence-corrected chi connectivity index (χ4v) is 3.59. The van der Waals surface area contributed by atoms with Gasteiger partial charge in [0.05, 0.1) is 5.92 Å². The van der Waals surface area contributed by atoms with Crippen molar-refractivity contribution in [3.8, 4) is 11.5 Å². The van der Waals surface area contributed by atoms with E-state index in [9.17, 15) is 4.79 Å². The topological polar surface area (TPSA) is 35.5 Å². The van der Waals surface area contributed by atoms with Gasteiger partial charge in [-0.25, -0.2) is 0 Å². The van der Waals surface area contributed by atoms with Crippen LogP contribution in [-0.2, 0) is 9.53 Å². The molecule has 0 N–H and O–H groups in total. The van der Waals surface area contributed by atoms with Crippen LogP contribution in [0.25, 0.3) is 0 Å². The molecular formula is C21H23ClO3. The number of carbonyl (C=O) groups excluding carboxylic acids is 1. The Hall–Kier alpha value is -2.00. The standard InChI is InChI=1S/C21H23ClO3/c1-20(2)17(21(20,3)4)19(23)25-18(22)14-9-8-12-16(13-14)24-15-10-6-5-7-11-15/h5-13,17-18H,1-4H3. The van der Waals surface area contributed by atoms with E-state index >= 15 is 0 Å². The highest BCUT2D eigenvalue weighted by molar-refractivity contribution is 6.20. The highest BCUT2D eigenvalue weighted by Gasteiger charge is 2.69. The average molecular weight is 359 g/mol. The Morgan fingerprint density at radius 1 is 0.960 bits per heavy atom. The Morgan fingerprint density at radius 3 is 2.16 bits per heavy atom. The number of ether oxygens (including phenoxy) is 2. The largest absolute Gasteiger partial charge is 0.457 e. The van der Waals surface area contributed by atoms with Gasteiger partial charge >= 0.3 is 5.97 Å². The van der Waals surface area contributed by atoms with Gasteiger partial charge in [-0.3, -0.25) is 4.79 Å². The Balaban J connectivity index is 1.68. The van der Waals surface area contributed by atoms with Crippen LogP contribution in [0.1, 0.15) is 38.8 Å². The van der Waals surface area contributed by atoms with Gasteiger partial charge in [-0.2, -0.15) is 0 Å². The Morgan fingerprint density at radius 2 is 1.56 bits per heavy atom. The highest BCUT2D eigenvalue weighted by atomic mass is 35.5. The summed E-state index contributed by atoms with van der Waals surface area (Å²) in [5.41, 5.74) is -0.281. The molecule has 3 nitrogen and oxygen atoms in total. The molecule has 2 aromatic carbocycles. The minimum absolute atomic E-state index is 0.0705. The van der Waals surface area contributed by atoms with Crippen molar-refractivity contribution in [1.29, 1.82) is 0 Å². The number of alkyl halides is 1. The molecule has 1 saturated carbocycles. The van der Waals surface area contributed by atoms with Crippen molar-refractivity contribution in [2.45, 2.75) is 33.3 Å². The summed E-state index contributed by atoms with van der Waals surface area (Å²) in [6.07, 6.45) is 0. The highest BCUT2D eigenvalue weighted by Crippen LogP contribution is 2.68. The SMILES string of the molecule is CC1(C)C(C(=O)OC(Cl)c2cccc(Oc3ccccc3)c2)C1(C)C. The van der Waals surface area contributed by atoms with Crippen molar-refractivity contribution in [2.24, 2.45) is 16.7 Å². The van der Waals surface area contributed by atoms with Crippen LogP contribution < -0.4 is 4.74 Å². The third-order valence-electron chi connectivity index (χ3n) is 5.58. The Kier molecular flexibility index (Phi) is 4.54. The molecule has 3 rings (SSSR count). The van der Waals surface area contributed by atoms with Crippen molar-refractivity contribution in [1.82, 2.24) is 0 Å². The van der Waals surface area contributed by atoms with Crippen LogP contribution in [0.5, 0.6) is 11.5 Å². The van der Waals surface area contributed by atoms with Crippen molar-refractivity contribution in [3.63, 3.8) is 0 Å². The van der Waals surface area contributed by atoms with Crippen LogP contribution in [0.4, 0.5) is 0 Å². The lowest BCUT2D eigenvalue weighted by Gasteiger charge is -2.14. The van der Waals surface area contributed by atoms with Crippen LogP contribution in [0.15, 0.2) is 54.6 Å². The van der Waals surface area contributed by atoms with Gasteiger partial charge in [0.1, 0.15) is 11.5 Å². The number of hydrogen-bond acceptors (Lipinski definition) is 3. The number of hydrogen-bond donors (Lipinski definition) is 0. The molecule has 1 fully saturated rings. The molecule has 2 aromatic rings. The Labute approximate surface area is 153 Å². The minimum atomic E-state index is -0.834. The monoisotopic (exact) mass is 358 g/mol. The number of halogens is 1. The summed E-state index contributed by atoms with van der Waals surface area (Å²) < 4.78 is 11.3. The zero-order valence-corrected chi connectivity index (χ0v) is 15.7. The molecule has 0 radical (unpaired) electrons. The van der Waals surface area contributed by atoms with Gasteiger partial charge in [0, 0.05) is 5.56 Å². The molecule has 0 saturated heterocycles. The summed E-state index contributed by atoms with van der Waals surface area (Å²) in [4.78, 5) is 12.5. The molecule has 132 valence electrons. The molecule has 0 bridgehead atoms. The molecule has 0 aliphatic heterocycles. The molecule has 0 heterocycles. The summed E-state index contributed by atoms with van der Waals surface area (Å²) in [6.45, 7) is 8.32. The second kappa shape index (κ2) is 6.38. The molecule has 0 aromatic heterocycles. The molecule has 25 heavy (non-hydrogen) atoms. The van der Waals surface area contributed by atoms with Crippen molar-refractivity contribution in [3.05, 3.63) is 60.2 Å². The van der Waals surface area contributed by atoms with Gasteiger partial charge in [0.15, 0.2) is 0 Å². The summed E-state index contributed by atoms with van der Waals surface area (Å²) in [5, 5.41) is 0. The first kappa shape index (κ1) is 17.8. The van der Waals surface area contributed by atoms with Crippen molar-refractivity contribution in [2.75, 3.05) is 0 Å². The van der Waals surface area contributed by atoms with Gasteiger partial charge in [-0.05, 0) is 35.1 Å². The number of carbonyl (C=O) groups is 1. The van der Waals surface area contributed by atoms with E-state index in [0.717, 1.165) is 5.75 Å². The van der Waals surface area contributed by atoms with Gasteiger partial charge in [-0.15, -0.1) is 0 Å². The van der Waals surface area contributed by atoms with Crippen molar-refractivity contribution < 1.29 is 14.3 Å².